The van der Waals surface area contributed by atoms with Crippen molar-refractivity contribution in [1.82, 2.24) is 9.97 Å². The summed E-state index contributed by atoms with van der Waals surface area (Å²) in [6.07, 6.45) is 3.60. The summed E-state index contributed by atoms with van der Waals surface area (Å²) >= 11 is 0. The third kappa shape index (κ3) is 3.69. The molecule has 0 radical (unpaired) electrons. The predicted octanol–water partition coefficient (Wildman–Crippen LogP) is 3.13. The summed E-state index contributed by atoms with van der Waals surface area (Å²) in [5, 5.41) is 18.1. The first-order valence-electron chi connectivity index (χ1n) is 7.50. The SMILES string of the molecule is O=C(O)c1ccc(Cc2cccnc2-c2cc(C(=O)O)ccn2)cc1. The van der Waals surface area contributed by atoms with E-state index in [1.807, 2.05) is 6.07 Å². The minimum absolute atomic E-state index is 0.146. The highest BCUT2D eigenvalue weighted by molar-refractivity contribution is 5.89. The van der Waals surface area contributed by atoms with Crippen LogP contribution >= 0.6 is 0 Å². The fourth-order valence-corrected chi connectivity index (χ4v) is 2.49. The summed E-state index contributed by atoms with van der Waals surface area (Å²) in [5.74, 6) is -1.99. The van der Waals surface area contributed by atoms with Gasteiger partial charge in [-0.3, -0.25) is 9.97 Å². The van der Waals surface area contributed by atoms with Gasteiger partial charge in [-0.25, -0.2) is 9.59 Å². The Bertz CT molecular complexity index is 936. The molecule has 0 spiro atoms. The van der Waals surface area contributed by atoms with Crippen molar-refractivity contribution in [2.75, 3.05) is 0 Å². The molecule has 3 rings (SSSR count). The Balaban J connectivity index is 1.95. The molecule has 2 aromatic heterocycles. The number of benzene rings is 1. The molecule has 0 saturated carbocycles. The standard InChI is InChI=1S/C19H14N2O4/c22-18(23)13-5-3-12(4-6-13)10-14-2-1-8-21-17(14)16-11-15(19(24)25)7-9-20-16/h1-9,11H,10H2,(H,22,23)(H,24,25). The number of nitrogens with zero attached hydrogens (tertiary/aromatic N) is 2. The van der Waals surface area contributed by atoms with Crippen molar-refractivity contribution in [3.63, 3.8) is 0 Å². The van der Waals surface area contributed by atoms with Gasteiger partial charge in [-0.1, -0.05) is 18.2 Å². The summed E-state index contributed by atoms with van der Waals surface area (Å²) in [7, 11) is 0. The summed E-state index contributed by atoms with van der Waals surface area (Å²) in [6, 6.07) is 13.2. The minimum atomic E-state index is -1.02. The number of carbonyl (C=O) groups is 2. The molecule has 0 aliphatic rings. The second kappa shape index (κ2) is 6.92. The average Bonchev–Trinajstić information content (AvgIpc) is 2.63. The average molecular weight is 334 g/mol. The lowest BCUT2D eigenvalue weighted by molar-refractivity contribution is 0.0686. The van der Waals surface area contributed by atoms with Gasteiger partial charge in [0.2, 0.25) is 0 Å². The molecule has 25 heavy (non-hydrogen) atoms. The van der Waals surface area contributed by atoms with Gasteiger partial charge in [-0.2, -0.15) is 0 Å². The fraction of sp³-hybridized carbons (Fsp3) is 0.0526. The molecule has 6 heteroatoms. The molecule has 0 bridgehead atoms. The van der Waals surface area contributed by atoms with Crippen LogP contribution in [0.25, 0.3) is 11.4 Å². The highest BCUT2D eigenvalue weighted by Gasteiger charge is 2.12. The maximum Gasteiger partial charge on any atom is 0.335 e. The number of aromatic carboxylic acids is 2. The molecule has 0 unspecified atom stereocenters. The van der Waals surface area contributed by atoms with E-state index in [0.29, 0.717) is 17.8 Å². The van der Waals surface area contributed by atoms with Crippen molar-refractivity contribution in [1.29, 1.82) is 0 Å². The van der Waals surface area contributed by atoms with E-state index < -0.39 is 11.9 Å². The Morgan fingerprint density at radius 2 is 1.56 bits per heavy atom. The van der Waals surface area contributed by atoms with Crippen LogP contribution in [-0.4, -0.2) is 32.1 Å². The highest BCUT2D eigenvalue weighted by Crippen LogP contribution is 2.22. The van der Waals surface area contributed by atoms with E-state index in [2.05, 4.69) is 9.97 Å². The molecular formula is C19H14N2O4. The molecule has 0 atom stereocenters. The lowest BCUT2D eigenvalue weighted by atomic mass is 10.0. The van der Waals surface area contributed by atoms with E-state index in [1.165, 1.54) is 18.3 Å². The van der Waals surface area contributed by atoms with Crippen molar-refractivity contribution < 1.29 is 19.8 Å². The van der Waals surface area contributed by atoms with Crippen molar-refractivity contribution in [2.45, 2.75) is 6.42 Å². The lowest BCUT2D eigenvalue weighted by Crippen LogP contribution is -2.01. The fourth-order valence-electron chi connectivity index (χ4n) is 2.49. The highest BCUT2D eigenvalue weighted by atomic mass is 16.4. The first-order valence-corrected chi connectivity index (χ1v) is 7.50. The normalized spacial score (nSPS) is 10.4. The van der Waals surface area contributed by atoms with Gasteiger partial charge >= 0.3 is 11.9 Å². The van der Waals surface area contributed by atoms with Gasteiger partial charge in [0.15, 0.2) is 0 Å². The van der Waals surface area contributed by atoms with Crippen LogP contribution in [0.2, 0.25) is 0 Å². The molecule has 0 fully saturated rings. The van der Waals surface area contributed by atoms with Gasteiger partial charge in [-0.05, 0) is 47.9 Å². The lowest BCUT2D eigenvalue weighted by Gasteiger charge is -2.09. The van der Waals surface area contributed by atoms with Crippen LogP contribution < -0.4 is 0 Å². The third-order valence-electron chi connectivity index (χ3n) is 3.74. The molecule has 0 saturated heterocycles. The monoisotopic (exact) mass is 334 g/mol. The van der Waals surface area contributed by atoms with Crippen molar-refractivity contribution in [2.24, 2.45) is 0 Å². The zero-order valence-electron chi connectivity index (χ0n) is 13.1. The number of hydrogen-bond acceptors (Lipinski definition) is 4. The number of carboxylic acids is 2. The van der Waals surface area contributed by atoms with E-state index in [-0.39, 0.29) is 11.1 Å². The number of aromatic nitrogens is 2. The smallest absolute Gasteiger partial charge is 0.335 e. The Morgan fingerprint density at radius 3 is 2.24 bits per heavy atom. The van der Waals surface area contributed by atoms with Gasteiger partial charge in [0, 0.05) is 12.4 Å². The van der Waals surface area contributed by atoms with Crippen LogP contribution in [0.1, 0.15) is 31.8 Å². The van der Waals surface area contributed by atoms with Crippen LogP contribution in [0.4, 0.5) is 0 Å². The van der Waals surface area contributed by atoms with E-state index in [4.69, 9.17) is 10.2 Å². The van der Waals surface area contributed by atoms with E-state index in [0.717, 1.165) is 11.1 Å². The quantitative estimate of drug-likeness (QED) is 0.743. The van der Waals surface area contributed by atoms with Crippen LogP contribution in [0, 0.1) is 0 Å². The van der Waals surface area contributed by atoms with Crippen molar-refractivity contribution in [3.05, 3.63) is 83.2 Å². The van der Waals surface area contributed by atoms with Gasteiger partial charge in [-0.15, -0.1) is 0 Å². The molecule has 1 aromatic carbocycles. The second-order valence-corrected chi connectivity index (χ2v) is 5.42. The topological polar surface area (TPSA) is 100 Å². The van der Waals surface area contributed by atoms with Crippen LogP contribution in [0.3, 0.4) is 0 Å². The number of rotatable bonds is 5. The van der Waals surface area contributed by atoms with Crippen LogP contribution in [0.5, 0.6) is 0 Å². The zero-order chi connectivity index (χ0) is 17.8. The van der Waals surface area contributed by atoms with Gasteiger partial charge in [0.1, 0.15) is 0 Å². The molecule has 124 valence electrons. The number of carboxylic acid groups (broad SMARTS) is 2. The Labute approximate surface area is 143 Å². The summed E-state index contributed by atoms with van der Waals surface area (Å²) in [4.78, 5) is 30.7. The third-order valence-corrected chi connectivity index (χ3v) is 3.74. The predicted molar refractivity (Wildman–Crippen MR) is 90.6 cm³/mol. The summed E-state index contributed by atoms with van der Waals surface area (Å²) in [5.41, 5.74) is 3.26. The van der Waals surface area contributed by atoms with Crippen molar-refractivity contribution in [3.8, 4) is 11.4 Å². The molecule has 0 amide bonds. The molecular weight excluding hydrogens is 320 g/mol. The van der Waals surface area contributed by atoms with E-state index in [1.54, 1.807) is 36.5 Å². The molecule has 2 N–H and O–H groups in total. The van der Waals surface area contributed by atoms with Crippen molar-refractivity contribution >= 4 is 11.9 Å². The number of hydrogen-bond donors (Lipinski definition) is 2. The largest absolute Gasteiger partial charge is 0.478 e. The first kappa shape index (κ1) is 16.3. The Kier molecular flexibility index (Phi) is 4.52. The van der Waals surface area contributed by atoms with Crippen LogP contribution in [-0.2, 0) is 6.42 Å². The Hall–Kier alpha value is -3.54. The molecule has 0 aliphatic carbocycles. The minimum Gasteiger partial charge on any atom is -0.478 e. The van der Waals surface area contributed by atoms with Gasteiger partial charge < -0.3 is 10.2 Å². The molecule has 6 nitrogen and oxygen atoms in total. The van der Waals surface area contributed by atoms with Gasteiger partial charge in [0.25, 0.3) is 0 Å². The second-order valence-electron chi connectivity index (χ2n) is 5.42. The number of pyridine rings is 2. The summed E-state index contributed by atoms with van der Waals surface area (Å²) in [6.45, 7) is 0. The summed E-state index contributed by atoms with van der Waals surface area (Å²) < 4.78 is 0. The molecule has 3 aromatic rings. The maximum atomic E-state index is 11.2. The first-order chi connectivity index (χ1) is 12.0. The zero-order valence-corrected chi connectivity index (χ0v) is 13.1. The van der Waals surface area contributed by atoms with E-state index >= 15 is 0 Å². The van der Waals surface area contributed by atoms with Gasteiger partial charge in [0.05, 0.1) is 22.5 Å². The van der Waals surface area contributed by atoms with E-state index in [9.17, 15) is 9.59 Å². The Morgan fingerprint density at radius 1 is 0.840 bits per heavy atom. The molecule has 0 aliphatic heterocycles. The maximum absolute atomic E-state index is 11.2. The van der Waals surface area contributed by atoms with Crippen LogP contribution in [0.15, 0.2) is 60.9 Å². The molecule has 2 heterocycles.